The maximum atomic E-state index is 12.7. The standard InChI is InChI=1S/C19H21N3O4S/c23-19-16-4-2-1-3-15(16)17-13-14(5-6-18(17)21-19)27(24,25)20-7-8-22-9-11-26-12-10-22/h1-6,13,20H,7-12H2,(H,21,23). The molecule has 0 saturated carbocycles. The fraction of sp³-hybridized carbons (Fsp3) is 0.316. The number of fused-ring (bicyclic) bond motifs is 3. The van der Waals surface area contributed by atoms with Gasteiger partial charge in [0.2, 0.25) is 10.0 Å². The van der Waals surface area contributed by atoms with Crippen LogP contribution in [0.1, 0.15) is 0 Å². The molecular formula is C19H21N3O4S. The van der Waals surface area contributed by atoms with Gasteiger partial charge in [-0.2, -0.15) is 0 Å². The van der Waals surface area contributed by atoms with Gasteiger partial charge in [0, 0.05) is 42.5 Å². The van der Waals surface area contributed by atoms with Crippen molar-refractivity contribution in [1.29, 1.82) is 0 Å². The van der Waals surface area contributed by atoms with E-state index in [4.69, 9.17) is 4.74 Å². The number of aromatic nitrogens is 1. The Labute approximate surface area is 157 Å². The van der Waals surface area contributed by atoms with Gasteiger partial charge in [-0.1, -0.05) is 18.2 Å². The van der Waals surface area contributed by atoms with Crippen molar-refractivity contribution in [3.05, 3.63) is 52.8 Å². The van der Waals surface area contributed by atoms with Gasteiger partial charge in [0.1, 0.15) is 0 Å². The largest absolute Gasteiger partial charge is 0.379 e. The SMILES string of the molecule is O=c1[nH]c2ccc(S(=O)(=O)NCCN3CCOCC3)cc2c2ccccc12. The number of ether oxygens (including phenoxy) is 1. The molecule has 3 aromatic rings. The van der Waals surface area contributed by atoms with Gasteiger partial charge in [0.25, 0.3) is 5.56 Å². The van der Waals surface area contributed by atoms with Gasteiger partial charge in [-0.15, -0.1) is 0 Å². The van der Waals surface area contributed by atoms with Gasteiger partial charge in [-0.3, -0.25) is 9.69 Å². The molecule has 2 heterocycles. The molecule has 2 aromatic carbocycles. The van der Waals surface area contributed by atoms with Crippen LogP contribution < -0.4 is 10.3 Å². The molecule has 8 heteroatoms. The zero-order valence-electron chi connectivity index (χ0n) is 14.8. The Bertz CT molecular complexity index is 1130. The Kier molecular flexibility index (Phi) is 4.96. The number of hydrogen-bond acceptors (Lipinski definition) is 5. The Morgan fingerprint density at radius 1 is 1.04 bits per heavy atom. The number of rotatable bonds is 5. The van der Waals surface area contributed by atoms with Gasteiger partial charge in [0.15, 0.2) is 0 Å². The topological polar surface area (TPSA) is 91.5 Å². The summed E-state index contributed by atoms with van der Waals surface area (Å²) in [6, 6.07) is 12.0. The average molecular weight is 387 g/mol. The second-order valence-corrected chi connectivity index (χ2v) is 8.33. The highest BCUT2D eigenvalue weighted by Gasteiger charge is 2.17. The van der Waals surface area contributed by atoms with Crippen LogP contribution in [0.25, 0.3) is 21.7 Å². The number of pyridine rings is 1. The maximum Gasteiger partial charge on any atom is 0.256 e. The van der Waals surface area contributed by atoms with E-state index in [0.717, 1.165) is 18.5 Å². The first-order chi connectivity index (χ1) is 13.0. The van der Waals surface area contributed by atoms with Crippen molar-refractivity contribution in [3.8, 4) is 0 Å². The lowest BCUT2D eigenvalue weighted by molar-refractivity contribution is 0.0390. The van der Waals surface area contributed by atoms with E-state index in [2.05, 4.69) is 14.6 Å². The lowest BCUT2D eigenvalue weighted by atomic mass is 10.1. The van der Waals surface area contributed by atoms with Crippen LogP contribution in [0.5, 0.6) is 0 Å². The van der Waals surface area contributed by atoms with E-state index in [1.807, 2.05) is 12.1 Å². The van der Waals surface area contributed by atoms with E-state index >= 15 is 0 Å². The lowest BCUT2D eigenvalue weighted by Gasteiger charge is -2.26. The van der Waals surface area contributed by atoms with Gasteiger partial charge >= 0.3 is 0 Å². The van der Waals surface area contributed by atoms with Crippen molar-refractivity contribution >= 4 is 31.7 Å². The average Bonchev–Trinajstić information content (AvgIpc) is 2.69. The van der Waals surface area contributed by atoms with Crippen LogP contribution in [0, 0.1) is 0 Å². The van der Waals surface area contributed by atoms with E-state index in [1.165, 1.54) is 6.07 Å². The van der Waals surface area contributed by atoms with Crippen molar-refractivity contribution in [3.63, 3.8) is 0 Å². The van der Waals surface area contributed by atoms with E-state index < -0.39 is 10.0 Å². The Balaban J connectivity index is 1.61. The molecule has 142 valence electrons. The van der Waals surface area contributed by atoms with Crippen molar-refractivity contribution in [2.45, 2.75) is 4.90 Å². The zero-order valence-corrected chi connectivity index (χ0v) is 15.6. The van der Waals surface area contributed by atoms with Gasteiger partial charge < -0.3 is 9.72 Å². The fourth-order valence-corrected chi connectivity index (χ4v) is 4.42. The Hall–Kier alpha value is -2.26. The van der Waals surface area contributed by atoms with Crippen molar-refractivity contribution in [1.82, 2.24) is 14.6 Å². The molecule has 0 radical (unpaired) electrons. The minimum Gasteiger partial charge on any atom is -0.379 e. The number of nitrogens with zero attached hydrogens (tertiary/aromatic N) is 1. The third-order valence-corrected chi connectivity index (χ3v) is 6.29. The van der Waals surface area contributed by atoms with Gasteiger partial charge in [0.05, 0.1) is 18.1 Å². The van der Waals surface area contributed by atoms with E-state index in [1.54, 1.807) is 24.3 Å². The van der Waals surface area contributed by atoms with Gasteiger partial charge in [-0.05, 0) is 29.7 Å². The molecule has 0 bridgehead atoms. The van der Waals surface area contributed by atoms with Crippen molar-refractivity contribution in [2.75, 3.05) is 39.4 Å². The normalized spacial score (nSPS) is 16.1. The first kappa shape index (κ1) is 18.1. The van der Waals surface area contributed by atoms with Crippen molar-refractivity contribution < 1.29 is 13.2 Å². The quantitative estimate of drug-likeness (QED) is 0.644. The molecule has 0 unspecified atom stereocenters. The van der Waals surface area contributed by atoms with E-state index in [9.17, 15) is 13.2 Å². The fourth-order valence-electron chi connectivity index (χ4n) is 3.37. The molecule has 4 rings (SSSR count). The number of hydrogen-bond donors (Lipinski definition) is 2. The van der Waals surface area contributed by atoms with Crippen LogP contribution in [0.2, 0.25) is 0 Å². The summed E-state index contributed by atoms with van der Waals surface area (Å²) >= 11 is 0. The molecule has 1 aliphatic rings. The molecule has 2 N–H and O–H groups in total. The third-order valence-electron chi connectivity index (χ3n) is 4.84. The van der Waals surface area contributed by atoms with Crippen LogP contribution in [0.4, 0.5) is 0 Å². The highest BCUT2D eigenvalue weighted by atomic mass is 32.2. The second-order valence-electron chi connectivity index (χ2n) is 6.56. The third kappa shape index (κ3) is 3.74. The van der Waals surface area contributed by atoms with Crippen LogP contribution >= 0.6 is 0 Å². The summed E-state index contributed by atoms with van der Waals surface area (Å²) in [6.07, 6.45) is 0. The molecule has 1 aromatic heterocycles. The molecule has 1 fully saturated rings. The molecule has 1 aliphatic heterocycles. The van der Waals surface area contributed by atoms with E-state index in [0.29, 0.717) is 42.6 Å². The predicted octanol–water partition coefficient (Wildman–Crippen LogP) is 1.29. The number of nitrogens with one attached hydrogen (secondary N) is 2. The summed E-state index contributed by atoms with van der Waals surface area (Å²) in [7, 11) is -3.63. The number of morpholine rings is 1. The molecule has 7 nitrogen and oxygen atoms in total. The molecule has 0 spiro atoms. The summed E-state index contributed by atoms with van der Waals surface area (Å²) in [5, 5.41) is 1.99. The van der Waals surface area contributed by atoms with Crippen LogP contribution in [0.15, 0.2) is 52.2 Å². The smallest absolute Gasteiger partial charge is 0.256 e. The van der Waals surface area contributed by atoms with E-state index in [-0.39, 0.29) is 10.5 Å². The molecule has 1 saturated heterocycles. The van der Waals surface area contributed by atoms with Crippen LogP contribution in [-0.2, 0) is 14.8 Å². The van der Waals surface area contributed by atoms with Crippen LogP contribution in [0.3, 0.4) is 0 Å². The highest BCUT2D eigenvalue weighted by Crippen LogP contribution is 2.24. The number of benzene rings is 2. The summed E-state index contributed by atoms with van der Waals surface area (Å²) in [4.78, 5) is 17.3. The number of H-pyrrole nitrogens is 1. The first-order valence-corrected chi connectivity index (χ1v) is 10.4. The monoisotopic (exact) mass is 387 g/mol. The van der Waals surface area contributed by atoms with Gasteiger partial charge in [-0.25, -0.2) is 13.1 Å². The summed E-state index contributed by atoms with van der Waals surface area (Å²) in [5.74, 6) is 0. The minimum atomic E-state index is -3.63. The molecule has 0 amide bonds. The minimum absolute atomic E-state index is 0.183. The molecule has 27 heavy (non-hydrogen) atoms. The summed E-state index contributed by atoms with van der Waals surface area (Å²) < 4.78 is 33.3. The molecular weight excluding hydrogens is 366 g/mol. The number of sulfonamides is 1. The Morgan fingerprint density at radius 2 is 1.78 bits per heavy atom. The molecule has 0 atom stereocenters. The number of aromatic amines is 1. The summed E-state index contributed by atoms with van der Waals surface area (Å²) in [6.45, 7) is 3.98. The highest BCUT2D eigenvalue weighted by molar-refractivity contribution is 7.89. The predicted molar refractivity (Wildman–Crippen MR) is 105 cm³/mol. The maximum absolute atomic E-state index is 12.7. The first-order valence-electron chi connectivity index (χ1n) is 8.89. The lowest BCUT2D eigenvalue weighted by Crippen LogP contribution is -2.41. The van der Waals surface area contributed by atoms with Crippen LogP contribution in [-0.4, -0.2) is 57.7 Å². The zero-order chi connectivity index (χ0) is 18.9. The Morgan fingerprint density at radius 3 is 2.56 bits per heavy atom. The summed E-state index contributed by atoms with van der Waals surface area (Å²) in [5.41, 5.74) is 0.434. The second kappa shape index (κ2) is 7.40. The molecule has 0 aliphatic carbocycles. The van der Waals surface area contributed by atoms with Crippen molar-refractivity contribution in [2.24, 2.45) is 0 Å².